The number of esters is 1. The van der Waals surface area contributed by atoms with Crippen LogP contribution in [0.25, 0.3) is 0 Å². The first-order valence-corrected chi connectivity index (χ1v) is 9.45. The molecule has 0 spiro atoms. The monoisotopic (exact) mass is 347 g/mol. The molecule has 0 aliphatic carbocycles. The predicted molar refractivity (Wildman–Crippen MR) is 97.1 cm³/mol. The zero-order chi connectivity index (χ0) is 17.1. The molecule has 2 aromatic rings. The third-order valence-corrected chi connectivity index (χ3v) is 5.42. The average molecular weight is 347 g/mol. The van der Waals surface area contributed by atoms with Gasteiger partial charge < -0.3 is 14.2 Å². The molecular formula is C18H25N3O2S. The fourth-order valence-corrected chi connectivity index (χ4v) is 4.07. The van der Waals surface area contributed by atoms with E-state index in [0.29, 0.717) is 18.8 Å². The van der Waals surface area contributed by atoms with Crippen LogP contribution in [0.1, 0.15) is 52.8 Å². The topological polar surface area (TPSA) is 47.4 Å². The second-order valence-corrected chi connectivity index (χ2v) is 7.48. The number of aromatic nitrogens is 2. The highest BCUT2D eigenvalue weighted by Gasteiger charge is 2.19. The van der Waals surface area contributed by atoms with Crippen LogP contribution in [-0.2, 0) is 11.3 Å². The van der Waals surface area contributed by atoms with Crippen LogP contribution in [-0.4, -0.2) is 35.2 Å². The van der Waals surface area contributed by atoms with Gasteiger partial charge in [-0.05, 0) is 51.7 Å². The summed E-state index contributed by atoms with van der Waals surface area (Å²) in [5.74, 6) is -0.269. The van der Waals surface area contributed by atoms with Crippen LogP contribution in [0.15, 0.2) is 12.3 Å². The summed E-state index contributed by atoms with van der Waals surface area (Å²) in [6.45, 7) is 9.13. The average Bonchev–Trinajstić information content (AvgIpc) is 3.12. The van der Waals surface area contributed by atoms with Gasteiger partial charge in [-0.3, -0.25) is 0 Å². The van der Waals surface area contributed by atoms with Gasteiger partial charge in [0.2, 0.25) is 0 Å². The lowest BCUT2D eigenvalue weighted by Crippen LogP contribution is -2.29. The van der Waals surface area contributed by atoms with Gasteiger partial charge in [-0.15, -0.1) is 11.3 Å². The van der Waals surface area contributed by atoms with Crippen LogP contribution < -0.4 is 4.90 Å². The summed E-state index contributed by atoms with van der Waals surface area (Å²) < 4.78 is 7.12. The van der Waals surface area contributed by atoms with E-state index < -0.39 is 0 Å². The number of hydrogen-bond acceptors (Lipinski definition) is 5. The van der Waals surface area contributed by atoms with E-state index >= 15 is 0 Å². The minimum atomic E-state index is -0.269. The summed E-state index contributed by atoms with van der Waals surface area (Å²) in [6, 6.07) is 1.88. The molecule has 0 aromatic carbocycles. The smallest absolute Gasteiger partial charge is 0.354 e. The fourth-order valence-electron chi connectivity index (χ4n) is 3.10. The second kappa shape index (κ2) is 7.38. The van der Waals surface area contributed by atoms with Crippen LogP contribution in [0.4, 0.5) is 5.13 Å². The summed E-state index contributed by atoms with van der Waals surface area (Å²) in [4.78, 5) is 20.6. The number of ether oxygens (including phenoxy) is 1. The van der Waals surface area contributed by atoms with Gasteiger partial charge in [0, 0.05) is 24.2 Å². The normalized spacial score (nSPS) is 14.9. The highest BCUT2D eigenvalue weighted by molar-refractivity contribution is 7.15. The maximum absolute atomic E-state index is 12.1. The molecule has 2 aromatic heterocycles. The minimum Gasteiger partial charge on any atom is -0.461 e. The number of hydrogen-bond donors (Lipinski definition) is 0. The first-order valence-electron chi connectivity index (χ1n) is 8.63. The van der Waals surface area contributed by atoms with Crippen molar-refractivity contribution in [2.24, 2.45) is 0 Å². The molecule has 0 atom stereocenters. The molecule has 5 nitrogen and oxygen atoms in total. The standard InChI is InChI=1S/C18H25N3O2S/c1-4-23-17(22)16-10-13(2)11-21(16)12-15-14(3)24-18(19-15)20-8-6-5-7-9-20/h10-11H,4-9,12H2,1-3H3. The SMILES string of the molecule is CCOC(=O)c1cc(C)cn1Cc1nc(N2CCCCC2)sc1C. The van der Waals surface area contributed by atoms with E-state index in [0.717, 1.165) is 29.5 Å². The van der Waals surface area contributed by atoms with Gasteiger partial charge >= 0.3 is 5.97 Å². The van der Waals surface area contributed by atoms with E-state index in [1.54, 1.807) is 11.3 Å². The molecule has 1 saturated heterocycles. The minimum absolute atomic E-state index is 0.269. The molecule has 0 N–H and O–H groups in total. The van der Waals surface area contributed by atoms with Crippen LogP contribution in [0.2, 0.25) is 0 Å². The third-order valence-electron chi connectivity index (χ3n) is 4.35. The fraction of sp³-hybridized carbons (Fsp3) is 0.556. The van der Waals surface area contributed by atoms with E-state index in [4.69, 9.17) is 9.72 Å². The van der Waals surface area contributed by atoms with E-state index in [-0.39, 0.29) is 5.97 Å². The van der Waals surface area contributed by atoms with Crippen LogP contribution >= 0.6 is 11.3 Å². The zero-order valence-electron chi connectivity index (χ0n) is 14.7. The van der Waals surface area contributed by atoms with Crippen molar-refractivity contribution in [2.45, 2.75) is 46.6 Å². The first kappa shape index (κ1) is 17.0. The molecule has 6 heteroatoms. The lowest BCUT2D eigenvalue weighted by Gasteiger charge is -2.25. The van der Waals surface area contributed by atoms with Crippen molar-refractivity contribution in [1.82, 2.24) is 9.55 Å². The molecule has 0 saturated carbocycles. The highest BCUT2D eigenvalue weighted by Crippen LogP contribution is 2.29. The molecular weight excluding hydrogens is 322 g/mol. The van der Waals surface area contributed by atoms with Crippen LogP contribution in [0.3, 0.4) is 0 Å². The van der Waals surface area contributed by atoms with Crippen molar-refractivity contribution in [1.29, 1.82) is 0 Å². The summed E-state index contributed by atoms with van der Waals surface area (Å²) in [5.41, 5.74) is 2.70. The molecule has 0 amide bonds. The summed E-state index contributed by atoms with van der Waals surface area (Å²) >= 11 is 1.76. The van der Waals surface area contributed by atoms with E-state index in [9.17, 15) is 4.79 Å². The molecule has 0 bridgehead atoms. The van der Waals surface area contributed by atoms with Gasteiger partial charge in [0.15, 0.2) is 5.13 Å². The van der Waals surface area contributed by atoms with Crippen LogP contribution in [0.5, 0.6) is 0 Å². The number of aryl methyl sites for hydroxylation is 2. The Kier molecular flexibility index (Phi) is 5.23. The van der Waals surface area contributed by atoms with Gasteiger partial charge in [-0.1, -0.05) is 0 Å². The second-order valence-electron chi connectivity index (χ2n) is 6.30. The van der Waals surface area contributed by atoms with Crippen molar-refractivity contribution < 1.29 is 9.53 Å². The van der Waals surface area contributed by atoms with E-state index in [2.05, 4.69) is 11.8 Å². The molecule has 1 aliphatic rings. The maximum atomic E-state index is 12.1. The number of piperidine rings is 1. The lowest BCUT2D eigenvalue weighted by atomic mass is 10.1. The number of carbonyl (C=O) groups is 1. The molecule has 3 rings (SSSR count). The zero-order valence-corrected chi connectivity index (χ0v) is 15.5. The Morgan fingerprint density at radius 2 is 2.04 bits per heavy atom. The Morgan fingerprint density at radius 3 is 2.75 bits per heavy atom. The first-order chi connectivity index (χ1) is 11.6. The molecule has 130 valence electrons. The maximum Gasteiger partial charge on any atom is 0.354 e. The Balaban J connectivity index is 1.81. The molecule has 3 heterocycles. The van der Waals surface area contributed by atoms with Crippen molar-refractivity contribution in [3.05, 3.63) is 34.1 Å². The number of rotatable bonds is 5. The molecule has 0 radical (unpaired) electrons. The van der Waals surface area contributed by atoms with Crippen molar-refractivity contribution in [2.75, 3.05) is 24.6 Å². The molecule has 24 heavy (non-hydrogen) atoms. The number of nitrogens with zero attached hydrogens (tertiary/aromatic N) is 3. The highest BCUT2D eigenvalue weighted by atomic mass is 32.1. The van der Waals surface area contributed by atoms with Gasteiger partial charge in [0.25, 0.3) is 0 Å². The van der Waals surface area contributed by atoms with Gasteiger partial charge in [0.05, 0.1) is 18.8 Å². The number of anilines is 1. The van der Waals surface area contributed by atoms with Crippen molar-refractivity contribution in [3.8, 4) is 0 Å². The van der Waals surface area contributed by atoms with Crippen molar-refractivity contribution in [3.63, 3.8) is 0 Å². The van der Waals surface area contributed by atoms with Gasteiger partial charge in [0.1, 0.15) is 5.69 Å². The van der Waals surface area contributed by atoms with Gasteiger partial charge in [-0.25, -0.2) is 9.78 Å². The third kappa shape index (κ3) is 3.64. The summed E-state index contributed by atoms with van der Waals surface area (Å²) in [7, 11) is 0. The summed E-state index contributed by atoms with van der Waals surface area (Å²) in [5, 5.41) is 1.11. The summed E-state index contributed by atoms with van der Waals surface area (Å²) in [6.07, 6.45) is 5.81. The lowest BCUT2D eigenvalue weighted by molar-refractivity contribution is 0.0514. The number of carbonyl (C=O) groups excluding carboxylic acids is 1. The predicted octanol–water partition coefficient (Wildman–Crippen LogP) is 3.78. The molecule has 1 aliphatic heterocycles. The quantitative estimate of drug-likeness (QED) is 0.772. The largest absolute Gasteiger partial charge is 0.461 e. The number of thiazole rings is 1. The Hall–Kier alpha value is -1.82. The Bertz CT molecular complexity index is 714. The molecule has 0 unspecified atom stereocenters. The van der Waals surface area contributed by atoms with Crippen molar-refractivity contribution >= 4 is 22.4 Å². The van der Waals surface area contributed by atoms with E-state index in [1.165, 1.54) is 24.1 Å². The van der Waals surface area contributed by atoms with Gasteiger partial charge in [-0.2, -0.15) is 0 Å². The van der Waals surface area contributed by atoms with Crippen LogP contribution in [0, 0.1) is 13.8 Å². The Morgan fingerprint density at radius 1 is 1.29 bits per heavy atom. The Labute approximate surface area is 147 Å². The molecule has 1 fully saturated rings. The van der Waals surface area contributed by atoms with E-state index in [1.807, 2.05) is 30.7 Å².